The standard InChI is InChI=1S/C19H14O2/c20-19-18-15-9-5-4-8-14(15)17(16(18)10-11-21-19)12-13-6-2-1-3-7-13/h1-9,12H,10-11H2/b17-12-. The van der Waals surface area contributed by atoms with Crippen molar-refractivity contribution in [2.24, 2.45) is 0 Å². The van der Waals surface area contributed by atoms with Crippen molar-refractivity contribution in [2.75, 3.05) is 6.61 Å². The summed E-state index contributed by atoms with van der Waals surface area (Å²) in [5.41, 5.74) is 6.30. The number of benzene rings is 2. The number of carbonyl (C=O) groups is 1. The van der Waals surface area contributed by atoms with Crippen LogP contribution >= 0.6 is 0 Å². The van der Waals surface area contributed by atoms with Crippen LogP contribution in [0, 0.1) is 0 Å². The van der Waals surface area contributed by atoms with E-state index in [9.17, 15) is 4.79 Å². The van der Waals surface area contributed by atoms with E-state index < -0.39 is 0 Å². The molecule has 0 unspecified atom stereocenters. The Hall–Kier alpha value is -2.61. The molecule has 2 nitrogen and oxygen atoms in total. The van der Waals surface area contributed by atoms with Gasteiger partial charge in [-0.15, -0.1) is 0 Å². The van der Waals surface area contributed by atoms with E-state index in [-0.39, 0.29) is 5.97 Å². The summed E-state index contributed by atoms with van der Waals surface area (Å²) in [5.74, 6) is -0.194. The predicted octanol–water partition coefficient (Wildman–Crippen LogP) is 3.94. The minimum atomic E-state index is -0.194. The average Bonchev–Trinajstić information content (AvgIpc) is 2.84. The molecule has 2 heteroatoms. The highest BCUT2D eigenvalue weighted by Crippen LogP contribution is 2.45. The van der Waals surface area contributed by atoms with Gasteiger partial charge in [0.2, 0.25) is 0 Å². The summed E-state index contributed by atoms with van der Waals surface area (Å²) >= 11 is 0. The summed E-state index contributed by atoms with van der Waals surface area (Å²) in [4.78, 5) is 12.1. The third-order valence-electron chi connectivity index (χ3n) is 4.01. The van der Waals surface area contributed by atoms with Crippen molar-refractivity contribution < 1.29 is 9.53 Å². The van der Waals surface area contributed by atoms with Crippen LogP contribution in [-0.4, -0.2) is 12.6 Å². The van der Waals surface area contributed by atoms with E-state index in [1.807, 2.05) is 36.4 Å². The van der Waals surface area contributed by atoms with E-state index >= 15 is 0 Å². The van der Waals surface area contributed by atoms with E-state index in [0.29, 0.717) is 6.61 Å². The maximum atomic E-state index is 12.1. The van der Waals surface area contributed by atoms with E-state index in [0.717, 1.165) is 39.8 Å². The van der Waals surface area contributed by atoms with Gasteiger partial charge in [0, 0.05) is 6.42 Å². The van der Waals surface area contributed by atoms with E-state index in [2.05, 4.69) is 24.3 Å². The fraction of sp³-hybridized carbons (Fsp3) is 0.105. The van der Waals surface area contributed by atoms with Gasteiger partial charge in [0.1, 0.15) is 0 Å². The first-order chi connectivity index (χ1) is 10.3. The van der Waals surface area contributed by atoms with E-state index in [1.54, 1.807) is 0 Å². The van der Waals surface area contributed by atoms with E-state index in [1.165, 1.54) is 0 Å². The summed E-state index contributed by atoms with van der Waals surface area (Å²) in [6.07, 6.45) is 2.95. The third-order valence-corrected chi connectivity index (χ3v) is 4.01. The quantitative estimate of drug-likeness (QED) is 0.736. The van der Waals surface area contributed by atoms with Gasteiger partial charge in [0.15, 0.2) is 0 Å². The van der Waals surface area contributed by atoms with Crippen LogP contribution < -0.4 is 0 Å². The van der Waals surface area contributed by atoms with Crippen LogP contribution in [0.1, 0.15) is 23.1 Å². The highest BCUT2D eigenvalue weighted by Gasteiger charge is 2.33. The molecule has 0 radical (unpaired) electrons. The Kier molecular flexibility index (Phi) is 2.74. The molecule has 0 spiro atoms. The Bertz CT molecular complexity index is 782. The average molecular weight is 274 g/mol. The third kappa shape index (κ3) is 1.91. The van der Waals surface area contributed by atoms with Crippen LogP contribution in [0.4, 0.5) is 0 Å². The second kappa shape index (κ2) is 4.74. The van der Waals surface area contributed by atoms with Gasteiger partial charge in [-0.2, -0.15) is 0 Å². The smallest absolute Gasteiger partial charge is 0.339 e. The Balaban J connectivity index is 1.94. The summed E-state index contributed by atoms with van der Waals surface area (Å²) in [6, 6.07) is 18.3. The molecule has 0 atom stereocenters. The van der Waals surface area contributed by atoms with Crippen LogP contribution in [0.15, 0.2) is 60.2 Å². The molecule has 1 aliphatic heterocycles. The Morgan fingerprint density at radius 1 is 0.905 bits per heavy atom. The minimum Gasteiger partial charge on any atom is -0.462 e. The lowest BCUT2D eigenvalue weighted by Gasteiger charge is -2.15. The first-order valence-electron chi connectivity index (χ1n) is 7.12. The molecule has 0 bridgehead atoms. The van der Waals surface area contributed by atoms with Gasteiger partial charge in [-0.25, -0.2) is 4.79 Å². The Morgan fingerprint density at radius 3 is 2.43 bits per heavy atom. The molecule has 1 heterocycles. The van der Waals surface area contributed by atoms with Crippen molar-refractivity contribution in [3.63, 3.8) is 0 Å². The molecular weight excluding hydrogens is 260 g/mol. The molecule has 0 N–H and O–H groups in total. The van der Waals surface area contributed by atoms with Crippen molar-refractivity contribution in [3.8, 4) is 0 Å². The lowest BCUT2D eigenvalue weighted by molar-refractivity contribution is -0.137. The number of esters is 1. The highest BCUT2D eigenvalue weighted by molar-refractivity contribution is 6.26. The first kappa shape index (κ1) is 12.2. The summed E-state index contributed by atoms with van der Waals surface area (Å²) in [7, 11) is 0. The van der Waals surface area contributed by atoms with Crippen molar-refractivity contribution in [1.82, 2.24) is 0 Å². The van der Waals surface area contributed by atoms with Gasteiger partial charge in [-0.05, 0) is 33.9 Å². The molecule has 0 saturated heterocycles. The lowest BCUT2D eigenvalue weighted by Crippen LogP contribution is -2.14. The highest BCUT2D eigenvalue weighted by atomic mass is 16.5. The fourth-order valence-corrected chi connectivity index (χ4v) is 3.09. The molecular formula is C19H14O2. The molecule has 0 saturated carbocycles. The monoisotopic (exact) mass is 274 g/mol. The first-order valence-corrected chi connectivity index (χ1v) is 7.12. The van der Waals surface area contributed by atoms with Gasteiger partial charge < -0.3 is 4.74 Å². The molecule has 0 amide bonds. The zero-order chi connectivity index (χ0) is 14.2. The number of carbonyl (C=O) groups excluding carboxylic acids is 1. The molecule has 4 rings (SSSR count). The Morgan fingerprint density at radius 2 is 1.62 bits per heavy atom. The lowest BCUT2D eigenvalue weighted by atomic mass is 9.97. The van der Waals surface area contributed by atoms with Crippen LogP contribution in [0.3, 0.4) is 0 Å². The molecule has 2 aromatic rings. The number of allylic oxidation sites excluding steroid dienone is 1. The number of ether oxygens (including phenoxy) is 1. The topological polar surface area (TPSA) is 26.3 Å². The van der Waals surface area contributed by atoms with Crippen LogP contribution in [-0.2, 0) is 9.53 Å². The summed E-state index contributed by atoms with van der Waals surface area (Å²) in [5, 5.41) is 0. The second-order valence-corrected chi connectivity index (χ2v) is 5.25. The number of rotatable bonds is 1. The van der Waals surface area contributed by atoms with Crippen molar-refractivity contribution in [1.29, 1.82) is 0 Å². The van der Waals surface area contributed by atoms with Gasteiger partial charge in [0.25, 0.3) is 0 Å². The zero-order valence-corrected chi connectivity index (χ0v) is 11.5. The van der Waals surface area contributed by atoms with Crippen LogP contribution in [0.5, 0.6) is 0 Å². The number of hydrogen-bond acceptors (Lipinski definition) is 2. The number of fused-ring (bicyclic) bond motifs is 2. The minimum absolute atomic E-state index is 0.194. The van der Waals surface area contributed by atoms with Gasteiger partial charge >= 0.3 is 5.97 Å². The van der Waals surface area contributed by atoms with Gasteiger partial charge in [-0.3, -0.25) is 0 Å². The van der Waals surface area contributed by atoms with E-state index in [4.69, 9.17) is 4.74 Å². The SMILES string of the molecule is O=C1OCCC2=C1c1ccccc1/C2=C/c1ccccc1. The normalized spacial score (nSPS) is 18.5. The van der Waals surface area contributed by atoms with Crippen molar-refractivity contribution in [2.45, 2.75) is 6.42 Å². The van der Waals surface area contributed by atoms with Crippen LogP contribution in [0.2, 0.25) is 0 Å². The predicted molar refractivity (Wildman–Crippen MR) is 83.3 cm³/mol. The van der Waals surface area contributed by atoms with Gasteiger partial charge in [-0.1, -0.05) is 54.6 Å². The maximum Gasteiger partial charge on any atom is 0.339 e. The largest absolute Gasteiger partial charge is 0.462 e. The Labute approximate surface area is 123 Å². The van der Waals surface area contributed by atoms with Crippen molar-refractivity contribution >= 4 is 23.2 Å². The fourth-order valence-electron chi connectivity index (χ4n) is 3.09. The molecule has 0 fully saturated rings. The molecule has 0 aromatic heterocycles. The molecule has 2 aliphatic rings. The maximum absolute atomic E-state index is 12.1. The molecule has 21 heavy (non-hydrogen) atoms. The molecule has 2 aromatic carbocycles. The number of hydrogen-bond donors (Lipinski definition) is 0. The summed E-state index contributed by atoms with van der Waals surface area (Å²) in [6.45, 7) is 0.470. The number of cyclic esters (lactones) is 1. The molecule has 102 valence electrons. The zero-order valence-electron chi connectivity index (χ0n) is 11.5. The summed E-state index contributed by atoms with van der Waals surface area (Å²) < 4.78 is 5.22. The van der Waals surface area contributed by atoms with Crippen LogP contribution in [0.25, 0.3) is 17.2 Å². The van der Waals surface area contributed by atoms with Gasteiger partial charge in [0.05, 0.1) is 12.2 Å². The second-order valence-electron chi connectivity index (χ2n) is 5.25. The molecule has 1 aliphatic carbocycles. The van der Waals surface area contributed by atoms with Crippen molar-refractivity contribution in [3.05, 3.63) is 76.9 Å².